The van der Waals surface area contributed by atoms with Crippen LogP contribution in [-0.4, -0.2) is 89.8 Å². The van der Waals surface area contributed by atoms with Crippen molar-refractivity contribution in [3.63, 3.8) is 0 Å². The van der Waals surface area contributed by atoms with Gasteiger partial charge in [-0.05, 0) is 69.9 Å². The number of aryl methyl sites for hydroxylation is 1. The number of aliphatic carboxylic acids is 2. The van der Waals surface area contributed by atoms with Gasteiger partial charge in [-0.2, -0.15) is 10.5 Å². The van der Waals surface area contributed by atoms with E-state index in [9.17, 15) is 29.4 Å². The fourth-order valence-electron chi connectivity index (χ4n) is 4.86. The van der Waals surface area contributed by atoms with Crippen molar-refractivity contribution in [2.75, 3.05) is 82.3 Å². The number of nitriles is 2. The van der Waals surface area contributed by atoms with Crippen molar-refractivity contribution < 1.29 is 112 Å². The minimum atomic E-state index is -1.29. The van der Waals surface area contributed by atoms with E-state index in [-0.39, 0.29) is 118 Å². The summed E-state index contributed by atoms with van der Waals surface area (Å²) in [7, 11) is 0. The molecule has 1 heterocycles. The summed E-state index contributed by atoms with van der Waals surface area (Å²) >= 11 is 1.16. The molecule has 4 N–H and O–H groups in total. The number of carbonyl (C=O) groups is 4. The van der Waals surface area contributed by atoms with Gasteiger partial charge in [0.2, 0.25) is 0 Å². The van der Waals surface area contributed by atoms with Crippen molar-refractivity contribution in [2.24, 2.45) is 11.8 Å². The number of benzene rings is 1. The van der Waals surface area contributed by atoms with Crippen molar-refractivity contribution in [1.29, 1.82) is 10.5 Å². The van der Waals surface area contributed by atoms with Crippen LogP contribution in [0.25, 0.3) is 0 Å². The van der Waals surface area contributed by atoms with Crippen LogP contribution in [0.15, 0.2) is 42.5 Å². The number of carbonyl (C=O) groups excluding carboxylic acids is 4. The minimum absolute atomic E-state index is 0. The summed E-state index contributed by atoms with van der Waals surface area (Å²) < 4.78 is 26.9. The average molecular weight is 858 g/mol. The normalized spacial score (nSPS) is 11.5. The number of carboxylic acid groups (broad SMARTS) is 2. The third kappa shape index (κ3) is 24.4. The number of carboxylic acids is 2. The molecule has 2 atom stereocenters. The first-order valence-electron chi connectivity index (χ1n) is 18.3. The van der Waals surface area contributed by atoms with E-state index < -0.39 is 35.7 Å². The molecule has 1 aromatic heterocycles. The molecule has 19 heteroatoms. The molecule has 0 fully saturated rings. The molecule has 0 aliphatic carbocycles. The fourth-order valence-corrected chi connectivity index (χ4v) is 5.68. The molecule has 2 unspecified atom stereocenters. The van der Waals surface area contributed by atoms with Gasteiger partial charge in [0.05, 0.1) is 58.0 Å². The number of hydrogen-bond donors (Lipinski definition) is 2. The summed E-state index contributed by atoms with van der Waals surface area (Å²) in [6, 6.07) is 9.64. The number of hydrogen-bond acceptors (Lipinski definition) is 17. The van der Waals surface area contributed by atoms with E-state index in [1.54, 1.807) is 45.1 Å². The SMILES string of the molecule is C/C=C/CC(CC(=O)OCCOCCOCCN(CCOCCOC(=O)CC(C/C=C/C)C(=O)[O-])c1ccc(N)c(C)c1)C(=O)[O-].Cc1c(C#N)sc(N)c1C#N.[Na+].[Na+]. The number of thiophene rings is 1. The molecule has 1 aromatic carbocycles. The van der Waals surface area contributed by atoms with Crippen molar-refractivity contribution in [3.05, 3.63) is 64.1 Å². The van der Waals surface area contributed by atoms with Crippen molar-refractivity contribution in [1.82, 2.24) is 0 Å². The van der Waals surface area contributed by atoms with Gasteiger partial charge in [0.1, 0.15) is 35.2 Å². The number of esters is 2. The molecule has 0 aliphatic heterocycles. The molecule has 0 saturated carbocycles. The van der Waals surface area contributed by atoms with Crippen molar-refractivity contribution >= 4 is 51.6 Å². The molecule has 0 aliphatic rings. The molecule has 0 spiro atoms. The summed E-state index contributed by atoms with van der Waals surface area (Å²) in [5.41, 5.74) is 15.1. The Balaban J connectivity index is 0. The summed E-state index contributed by atoms with van der Waals surface area (Å²) in [5, 5.41) is 39.9. The van der Waals surface area contributed by atoms with Crippen LogP contribution in [0.4, 0.5) is 16.4 Å². The van der Waals surface area contributed by atoms with E-state index in [0.29, 0.717) is 59.6 Å². The smallest absolute Gasteiger partial charge is 0.550 e. The standard InChI is InChI=1S/C33H50N2O11.C7H5N3S.2Na/c1-4-6-8-26(32(38)39)23-30(36)45-20-18-43-15-13-35(28-10-11-29(34)25(3)22-28)12-14-42-16-17-44-19-21-46-31(37)24-27(33(40)41)9-7-5-2;1-4-5(2-8)7(10)11-6(4)3-9;;/h4-7,10-11,22,26-27H,8-9,12-21,23-24,34H2,1-3H3,(H,38,39)(H,40,41);10H2,1H3;;/q;;2*+1/p-2/b6-4+,7-5+;;;. The molecule has 16 nitrogen and oxygen atoms in total. The number of rotatable bonds is 26. The maximum Gasteiger partial charge on any atom is 1.00 e. The predicted molar refractivity (Wildman–Crippen MR) is 210 cm³/mol. The first-order valence-corrected chi connectivity index (χ1v) is 19.1. The Morgan fingerprint density at radius 1 is 0.763 bits per heavy atom. The van der Waals surface area contributed by atoms with Crippen LogP contribution in [0.2, 0.25) is 0 Å². The third-order valence-corrected chi connectivity index (χ3v) is 9.20. The summed E-state index contributed by atoms with van der Waals surface area (Å²) in [6.07, 6.45) is 6.63. The van der Waals surface area contributed by atoms with Gasteiger partial charge < -0.3 is 59.9 Å². The van der Waals surface area contributed by atoms with Crippen LogP contribution in [0.3, 0.4) is 0 Å². The van der Waals surface area contributed by atoms with Crippen LogP contribution in [0, 0.1) is 48.3 Å². The van der Waals surface area contributed by atoms with Gasteiger partial charge in [-0.25, -0.2) is 0 Å². The molecular formula is C40H53N5Na2O11S. The Hall–Kier alpha value is -3.46. The zero-order valence-corrected chi connectivity index (χ0v) is 39.8. The summed E-state index contributed by atoms with van der Waals surface area (Å²) in [5.74, 6) is -5.68. The monoisotopic (exact) mass is 857 g/mol. The maximum atomic E-state index is 12.0. The van der Waals surface area contributed by atoms with Crippen LogP contribution >= 0.6 is 11.3 Å². The Bertz CT molecular complexity index is 1730. The van der Waals surface area contributed by atoms with Gasteiger partial charge in [0.25, 0.3) is 0 Å². The quantitative estimate of drug-likeness (QED) is 0.0304. The number of nitrogens with zero attached hydrogens (tertiary/aromatic N) is 3. The number of allylic oxidation sites excluding steroid dienone is 4. The molecule has 2 aromatic rings. The van der Waals surface area contributed by atoms with E-state index in [1.165, 1.54) is 0 Å². The number of nitrogen functional groups attached to an aromatic ring is 2. The fraction of sp³-hybridized carbons (Fsp3) is 0.500. The van der Waals surface area contributed by atoms with Crippen molar-refractivity contribution in [2.45, 2.75) is 53.4 Å². The molecule has 0 bridgehead atoms. The van der Waals surface area contributed by atoms with Crippen LogP contribution in [0.1, 0.15) is 61.1 Å². The van der Waals surface area contributed by atoms with Crippen LogP contribution in [0.5, 0.6) is 0 Å². The van der Waals surface area contributed by atoms with Gasteiger partial charge in [-0.1, -0.05) is 24.3 Å². The second kappa shape index (κ2) is 34.3. The molecule has 59 heavy (non-hydrogen) atoms. The minimum Gasteiger partial charge on any atom is -0.550 e. The Kier molecular flexibility index (Phi) is 33.5. The predicted octanol–water partition coefficient (Wildman–Crippen LogP) is -3.65. The van der Waals surface area contributed by atoms with E-state index in [2.05, 4.69) is 4.90 Å². The summed E-state index contributed by atoms with van der Waals surface area (Å²) in [4.78, 5) is 48.8. The van der Waals surface area contributed by atoms with Crippen molar-refractivity contribution in [3.8, 4) is 12.1 Å². The zero-order valence-electron chi connectivity index (χ0n) is 35.0. The van der Waals surface area contributed by atoms with Gasteiger partial charge in [0.15, 0.2) is 0 Å². The van der Waals surface area contributed by atoms with Gasteiger partial charge >= 0.3 is 71.1 Å². The maximum absolute atomic E-state index is 12.0. The second-order valence-corrected chi connectivity index (χ2v) is 13.4. The Morgan fingerprint density at radius 3 is 1.59 bits per heavy atom. The zero-order chi connectivity index (χ0) is 42.6. The largest absolute Gasteiger partial charge is 1.00 e. The summed E-state index contributed by atoms with van der Waals surface area (Å²) in [6.45, 7) is 9.87. The number of anilines is 3. The average Bonchev–Trinajstić information content (AvgIpc) is 3.46. The van der Waals surface area contributed by atoms with Gasteiger partial charge in [0, 0.05) is 48.2 Å². The molecular weight excluding hydrogens is 805 g/mol. The van der Waals surface area contributed by atoms with Crippen LogP contribution < -0.4 is 85.7 Å². The third-order valence-electron chi connectivity index (χ3n) is 8.18. The molecule has 0 amide bonds. The van der Waals surface area contributed by atoms with E-state index in [4.69, 9.17) is 45.7 Å². The van der Waals surface area contributed by atoms with E-state index in [1.807, 2.05) is 37.3 Å². The molecule has 2 rings (SSSR count). The van der Waals surface area contributed by atoms with Gasteiger partial charge in [-0.3, -0.25) is 9.59 Å². The topological polar surface area (TPSA) is 263 Å². The van der Waals surface area contributed by atoms with Crippen LogP contribution in [-0.2, 0) is 42.9 Å². The number of nitrogens with two attached hydrogens (primary N) is 2. The molecule has 0 saturated heterocycles. The van der Waals surface area contributed by atoms with E-state index in [0.717, 1.165) is 22.6 Å². The first kappa shape index (κ1) is 57.6. The van der Waals surface area contributed by atoms with E-state index >= 15 is 0 Å². The molecule has 312 valence electrons. The van der Waals surface area contributed by atoms with Gasteiger partial charge in [-0.15, -0.1) is 11.3 Å². The Morgan fingerprint density at radius 2 is 1.22 bits per heavy atom. The first-order chi connectivity index (χ1) is 27.3. The number of ether oxygens (including phenoxy) is 5. The Labute approximate surface area is 395 Å². The molecule has 0 radical (unpaired) electrons. The second-order valence-electron chi connectivity index (χ2n) is 12.4.